The first-order valence-corrected chi connectivity index (χ1v) is 7.69. The second-order valence-corrected chi connectivity index (χ2v) is 7.63. The Labute approximate surface area is 113 Å². The van der Waals surface area contributed by atoms with Gasteiger partial charge in [-0.15, -0.1) is 11.3 Å². The molecule has 8 heteroatoms. The zero-order chi connectivity index (χ0) is 13.3. The van der Waals surface area contributed by atoms with E-state index in [0.717, 1.165) is 15.6 Å². The van der Waals surface area contributed by atoms with E-state index in [0.29, 0.717) is 4.34 Å². The summed E-state index contributed by atoms with van der Waals surface area (Å²) in [5, 5.41) is 8.91. The summed E-state index contributed by atoms with van der Waals surface area (Å²) in [5.41, 5.74) is 0. The van der Waals surface area contributed by atoms with Crippen molar-refractivity contribution < 1.29 is 18.3 Å². The first-order chi connectivity index (χ1) is 8.41. The molecule has 1 atom stereocenters. The number of carboxylic acids is 1. The first-order valence-electron chi connectivity index (χ1n) is 5.06. The molecule has 0 spiro atoms. The summed E-state index contributed by atoms with van der Waals surface area (Å²) in [6, 6.07) is 2.93. The van der Waals surface area contributed by atoms with E-state index in [2.05, 4.69) is 0 Å². The molecule has 0 aromatic carbocycles. The van der Waals surface area contributed by atoms with Crippen molar-refractivity contribution in [2.75, 3.05) is 13.1 Å². The molecule has 2 heterocycles. The van der Waals surface area contributed by atoms with Crippen LogP contribution in [0.1, 0.15) is 0 Å². The maximum Gasteiger partial charge on any atom is 0.311 e. The highest BCUT2D eigenvalue weighted by atomic mass is 35.5. The van der Waals surface area contributed by atoms with Gasteiger partial charge in [0.05, 0.1) is 10.3 Å². The quantitative estimate of drug-likeness (QED) is 0.862. The van der Waals surface area contributed by atoms with Gasteiger partial charge in [0.1, 0.15) is 4.21 Å². The minimum atomic E-state index is -3.65. The van der Waals surface area contributed by atoms with E-state index in [-0.39, 0.29) is 17.3 Å². The number of hydrogen-bond donors (Lipinski definition) is 1. The number of carboxylic acid groups (broad SMARTS) is 1. The zero-order valence-electron chi connectivity index (χ0n) is 9.11. The van der Waals surface area contributed by atoms with Crippen molar-refractivity contribution in [1.82, 2.24) is 4.31 Å². The summed E-state index contributed by atoms with van der Waals surface area (Å²) in [6.45, 7) is 0.130. The highest BCUT2D eigenvalue weighted by molar-refractivity contribution is 7.91. The van der Waals surface area contributed by atoms with E-state index in [1.807, 2.05) is 0 Å². The fourth-order valence-electron chi connectivity index (χ4n) is 1.62. The standard InChI is InChI=1S/C10H10ClNO4S2/c11-8-3-4-9(17-8)18(15,16)12-5-1-2-7(6-12)10(13)14/h1-4,7H,5-6H2,(H,13,14). The molecule has 0 bridgehead atoms. The highest BCUT2D eigenvalue weighted by Crippen LogP contribution is 2.29. The van der Waals surface area contributed by atoms with Gasteiger partial charge in [0.2, 0.25) is 0 Å². The van der Waals surface area contributed by atoms with Crippen molar-refractivity contribution in [1.29, 1.82) is 0 Å². The first kappa shape index (κ1) is 13.5. The Morgan fingerprint density at radius 3 is 2.78 bits per heavy atom. The molecule has 1 aliphatic rings. The lowest BCUT2D eigenvalue weighted by Gasteiger charge is -2.25. The molecule has 1 N–H and O–H groups in total. The van der Waals surface area contributed by atoms with Crippen molar-refractivity contribution in [3.05, 3.63) is 28.6 Å². The molecule has 5 nitrogen and oxygen atoms in total. The molecule has 0 amide bonds. The molecule has 0 saturated carbocycles. The van der Waals surface area contributed by atoms with Crippen LogP contribution in [0.2, 0.25) is 4.34 Å². The van der Waals surface area contributed by atoms with E-state index in [1.165, 1.54) is 18.2 Å². The molecule has 1 aromatic heterocycles. The van der Waals surface area contributed by atoms with Gasteiger partial charge in [0.25, 0.3) is 10.0 Å². The number of nitrogens with zero attached hydrogens (tertiary/aromatic N) is 1. The van der Waals surface area contributed by atoms with Crippen LogP contribution >= 0.6 is 22.9 Å². The average Bonchev–Trinajstić information content (AvgIpc) is 2.77. The van der Waals surface area contributed by atoms with Gasteiger partial charge in [0, 0.05) is 13.1 Å². The molecule has 0 fully saturated rings. The third-order valence-electron chi connectivity index (χ3n) is 2.54. The Hall–Kier alpha value is -0.890. The normalized spacial score (nSPS) is 21.1. The average molecular weight is 308 g/mol. The maximum absolute atomic E-state index is 12.2. The molecule has 18 heavy (non-hydrogen) atoms. The minimum absolute atomic E-state index is 0.0519. The second kappa shape index (κ2) is 5.00. The molecule has 2 rings (SSSR count). The van der Waals surface area contributed by atoms with Crippen LogP contribution in [0.15, 0.2) is 28.5 Å². The molecule has 98 valence electrons. The van der Waals surface area contributed by atoms with E-state index in [1.54, 1.807) is 6.08 Å². The summed E-state index contributed by atoms with van der Waals surface area (Å²) in [7, 11) is -3.65. The fourth-order valence-corrected chi connectivity index (χ4v) is 4.67. The SMILES string of the molecule is O=C(O)C1C=CCN(S(=O)(=O)c2ccc(Cl)s2)C1. The van der Waals surface area contributed by atoms with Gasteiger partial charge < -0.3 is 5.11 Å². The minimum Gasteiger partial charge on any atom is -0.481 e. The summed E-state index contributed by atoms with van der Waals surface area (Å²) >= 11 is 6.67. The molecular weight excluding hydrogens is 298 g/mol. The number of thiophene rings is 1. The van der Waals surface area contributed by atoms with Gasteiger partial charge in [-0.05, 0) is 12.1 Å². The van der Waals surface area contributed by atoms with Gasteiger partial charge in [-0.2, -0.15) is 4.31 Å². The van der Waals surface area contributed by atoms with E-state index in [9.17, 15) is 13.2 Å². The summed E-state index contributed by atoms with van der Waals surface area (Å²) in [6.07, 6.45) is 3.06. The van der Waals surface area contributed by atoms with Crippen LogP contribution in [0.4, 0.5) is 0 Å². The second-order valence-electron chi connectivity index (χ2n) is 3.75. The lowest BCUT2D eigenvalue weighted by molar-refractivity contribution is -0.140. The van der Waals surface area contributed by atoms with E-state index >= 15 is 0 Å². The third kappa shape index (κ3) is 2.59. The lowest BCUT2D eigenvalue weighted by Crippen LogP contribution is -2.39. The maximum atomic E-state index is 12.2. The molecule has 1 unspecified atom stereocenters. The molecule has 1 aromatic rings. The Morgan fingerprint density at radius 2 is 2.22 bits per heavy atom. The monoisotopic (exact) mass is 307 g/mol. The van der Waals surface area contributed by atoms with E-state index in [4.69, 9.17) is 16.7 Å². The fraction of sp³-hybridized carbons (Fsp3) is 0.300. The van der Waals surface area contributed by atoms with Gasteiger partial charge in [-0.1, -0.05) is 23.8 Å². The summed E-state index contributed by atoms with van der Waals surface area (Å²) in [5.74, 6) is -1.83. The van der Waals surface area contributed by atoms with Gasteiger partial charge in [0.15, 0.2) is 0 Å². The number of hydrogen-bond acceptors (Lipinski definition) is 4. The molecular formula is C10H10ClNO4S2. The van der Waals surface area contributed by atoms with Gasteiger partial charge in [-0.25, -0.2) is 8.42 Å². The Kier molecular flexibility index (Phi) is 3.76. The van der Waals surface area contributed by atoms with Crippen LogP contribution in [0.5, 0.6) is 0 Å². The van der Waals surface area contributed by atoms with Crippen molar-refractivity contribution in [2.24, 2.45) is 5.92 Å². The van der Waals surface area contributed by atoms with Crippen molar-refractivity contribution in [2.45, 2.75) is 4.21 Å². The Morgan fingerprint density at radius 1 is 1.50 bits per heavy atom. The summed E-state index contributed by atoms with van der Waals surface area (Å²) < 4.78 is 26.1. The lowest BCUT2D eigenvalue weighted by atomic mass is 10.1. The zero-order valence-corrected chi connectivity index (χ0v) is 11.5. The van der Waals surface area contributed by atoms with Crippen molar-refractivity contribution in [3.8, 4) is 0 Å². The smallest absolute Gasteiger partial charge is 0.311 e. The Bertz CT molecular complexity index is 593. The number of aliphatic carboxylic acids is 1. The Balaban J connectivity index is 2.27. The van der Waals surface area contributed by atoms with Crippen LogP contribution in [-0.2, 0) is 14.8 Å². The third-order valence-corrected chi connectivity index (χ3v) is 6.07. The van der Waals surface area contributed by atoms with Crippen LogP contribution < -0.4 is 0 Å². The molecule has 0 aliphatic carbocycles. The van der Waals surface area contributed by atoms with E-state index < -0.39 is 21.9 Å². The topological polar surface area (TPSA) is 74.7 Å². The molecule has 1 aliphatic heterocycles. The summed E-state index contributed by atoms with van der Waals surface area (Å²) in [4.78, 5) is 10.9. The van der Waals surface area contributed by atoms with Crippen LogP contribution in [0.25, 0.3) is 0 Å². The predicted molar refractivity (Wildman–Crippen MR) is 68.4 cm³/mol. The van der Waals surface area contributed by atoms with Crippen LogP contribution in [0.3, 0.4) is 0 Å². The number of rotatable bonds is 3. The largest absolute Gasteiger partial charge is 0.481 e. The van der Waals surface area contributed by atoms with Crippen molar-refractivity contribution in [3.63, 3.8) is 0 Å². The number of sulfonamides is 1. The molecule has 0 radical (unpaired) electrons. The van der Waals surface area contributed by atoms with Crippen LogP contribution in [0, 0.1) is 5.92 Å². The van der Waals surface area contributed by atoms with Crippen molar-refractivity contribution >= 4 is 38.9 Å². The highest BCUT2D eigenvalue weighted by Gasteiger charge is 2.31. The number of halogens is 1. The van der Waals surface area contributed by atoms with Gasteiger partial charge >= 0.3 is 5.97 Å². The predicted octanol–water partition coefficient (Wildman–Crippen LogP) is 1.66. The number of carbonyl (C=O) groups is 1. The van der Waals surface area contributed by atoms with Gasteiger partial charge in [-0.3, -0.25) is 4.79 Å². The molecule has 0 saturated heterocycles. The van der Waals surface area contributed by atoms with Crippen LogP contribution in [-0.4, -0.2) is 36.9 Å².